The maximum absolute atomic E-state index is 12.1. The van der Waals surface area contributed by atoms with E-state index >= 15 is 0 Å². The summed E-state index contributed by atoms with van der Waals surface area (Å²) in [5.74, 6) is -0.946. The largest absolute Gasteiger partial charge is 0.481 e. The average Bonchev–Trinajstić information content (AvgIpc) is 2.74. The number of thiazole rings is 1. The summed E-state index contributed by atoms with van der Waals surface area (Å²) in [4.78, 5) is 14.5. The lowest BCUT2D eigenvalue weighted by Crippen LogP contribution is -2.43. The van der Waals surface area contributed by atoms with Gasteiger partial charge in [-0.05, 0) is 26.7 Å². The molecule has 0 amide bonds. The van der Waals surface area contributed by atoms with Crippen molar-refractivity contribution >= 4 is 27.3 Å². The Kier molecular flexibility index (Phi) is 5.05. The van der Waals surface area contributed by atoms with Crippen molar-refractivity contribution in [3.05, 3.63) is 11.2 Å². The number of nitrogens with zero attached hydrogens (tertiary/aromatic N) is 1. The number of aliphatic carboxylic acids is 1. The van der Waals surface area contributed by atoms with Crippen molar-refractivity contribution in [2.24, 2.45) is 0 Å². The van der Waals surface area contributed by atoms with Crippen LogP contribution in [-0.4, -0.2) is 30.0 Å². The molecule has 0 spiro atoms. The first-order valence-electron chi connectivity index (χ1n) is 5.87. The molecule has 0 atom stereocenters. The molecule has 0 aliphatic heterocycles. The lowest BCUT2D eigenvalue weighted by molar-refractivity contribution is -0.137. The minimum absolute atomic E-state index is 0.0849. The van der Waals surface area contributed by atoms with Crippen molar-refractivity contribution in [3.8, 4) is 0 Å². The Morgan fingerprint density at radius 3 is 2.63 bits per heavy atom. The van der Waals surface area contributed by atoms with Crippen LogP contribution >= 0.6 is 11.3 Å². The number of carbonyl (C=O) groups is 1. The fourth-order valence-electron chi connectivity index (χ4n) is 1.47. The van der Waals surface area contributed by atoms with E-state index in [1.54, 1.807) is 13.8 Å². The number of hydrogen-bond acceptors (Lipinski definition) is 5. The molecule has 0 saturated heterocycles. The van der Waals surface area contributed by atoms with Crippen molar-refractivity contribution in [1.82, 2.24) is 9.71 Å². The van der Waals surface area contributed by atoms with Gasteiger partial charge < -0.3 is 5.11 Å². The lowest BCUT2D eigenvalue weighted by atomic mass is 10.0. The molecule has 0 saturated carbocycles. The van der Waals surface area contributed by atoms with Crippen molar-refractivity contribution < 1.29 is 18.3 Å². The number of aromatic nitrogens is 1. The molecule has 1 aromatic heterocycles. The van der Waals surface area contributed by atoms with Gasteiger partial charge in [0.25, 0.3) is 10.0 Å². The van der Waals surface area contributed by atoms with Crippen molar-refractivity contribution in [2.45, 2.75) is 49.8 Å². The number of sulfonamides is 1. The van der Waals surface area contributed by atoms with Gasteiger partial charge in [0, 0.05) is 12.0 Å². The first-order chi connectivity index (χ1) is 8.66. The Bertz CT molecular complexity index is 549. The molecule has 1 heterocycles. The van der Waals surface area contributed by atoms with E-state index in [0.29, 0.717) is 6.42 Å². The summed E-state index contributed by atoms with van der Waals surface area (Å²) in [6.45, 7) is 5.23. The summed E-state index contributed by atoms with van der Waals surface area (Å²) < 4.78 is 26.9. The third-order valence-corrected chi connectivity index (χ3v) is 5.78. The topological polar surface area (TPSA) is 96.4 Å². The van der Waals surface area contributed by atoms with E-state index in [4.69, 9.17) is 5.11 Å². The zero-order chi connectivity index (χ0) is 14.7. The molecule has 8 heteroatoms. The van der Waals surface area contributed by atoms with E-state index in [9.17, 15) is 13.2 Å². The summed E-state index contributed by atoms with van der Waals surface area (Å²) in [7, 11) is -3.64. The number of nitrogens with one attached hydrogen (secondary N) is 1. The van der Waals surface area contributed by atoms with Crippen molar-refractivity contribution in [2.75, 3.05) is 0 Å². The van der Waals surface area contributed by atoms with Gasteiger partial charge in [-0.1, -0.05) is 6.92 Å². The fourth-order valence-corrected chi connectivity index (χ4v) is 4.03. The molecule has 0 aliphatic rings. The molecule has 0 fully saturated rings. The maximum Gasteiger partial charge on any atom is 0.303 e. The van der Waals surface area contributed by atoms with E-state index in [1.165, 1.54) is 6.20 Å². The van der Waals surface area contributed by atoms with Crippen molar-refractivity contribution in [1.29, 1.82) is 0 Å². The molecular formula is C11H18N2O4S2. The van der Waals surface area contributed by atoms with Crippen LogP contribution in [0.4, 0.5) is 0 Å². The van der Waals surface area contributed by atoms with Crippen LogP contribution in [0.5, 0.6) is 0 Å². The van der Waals surface area contributed by atoms with E-state index in [2.05, 4.69) is 9.71 Å². The van der Waals surface area contributed by atoms with Crippen molar-refractivity contribution in [3.63, 3.8) is 0 Å². The molecule has 0 unspecified atom stereocenters. The van der Waals surface area contributed by atoms with Gasteiger partial charge in [0.05, 0.1) is 11.2 Å². The summed E-state index contributed by atoms with van der Waals surface area (Å²) in [5.41, 5.74) is -0.812. The van der Waals surface area contributed by atoms with Gasteiger partial charge in [0.1, 0.15) is 0 Å². The zero-order valence-electron chi connectivity index (χ0n) is 11.1. The van der Waals surface area contributed by atoms with Crippen LogP contribution in [0.15, 0.2) is 10.4 Å². The van der Waals surface area contributed by atoms with Crippen LogP contribution < -0.4 is 4.72 Å². The summed E-state index contributed by atoms with van der Waals surface area (Å²) in [6, 6.07) is 0. The number of hydrogen-bond donors (Lipinski definition) is 2. The Balaban J connectivity index is 2.81. The van der Waals surface area contributed by atoms with E-state index in [1.807, 2.05) is 6.92 Å². The van der Waals surface area contributed by atoms with Crippen LogP contribution in [0.25, 0.3) is 0 Å². The Hall–Kier alpha value is -0.990. The highest BCUT2D eigenvalue weighted by Crippen LogP contribution is 2.22. The molecule has 1 aromatic rings. The molecule has 1 rings (SSSR count). The van der Waals surface area contributed by atoms with Gasteiger partial charge in [-0.15, -0.1) is 11.3 Å². The van der Waals surface area contributed by atoms with Gasteiger partial charge >= 0.3 is 5.97 Å². The minimum atomic E-state index is -3.64. The molecular weight excluding hydrogens is 288 g/mol. The predicted molar refractivity (Wildman–Crippen MR) is 72.8 cm³/mol. The van der Waals surface area contributed by atoms with Gasteiger partial charge in [0.2, 0.25) is 0 Å². The maximum atomic E-state index is 12.1. The third-order valence-electron chi connectivity index (χ3n) is 2.47. The molecule has 19 heavy (non-hydrogen) atoms. The highest BCUT2D eigenvalue weighted by Gasteiger charge is 2.28. The Morgan fingerprint density at radius 2 is 2.16 bits per heavy atom. The molecule has 0 bridgehead atoms. The smallest absolute Gasteiger partial charge is 0.303 e. The SMILES string of the molecule is CCc1ncc(S(=O)(=O)NC(C)(C)CCC(=O)O)s1. The van der Waals surface area contributed by atoms with Crippen LogP contribution in [0, 0.1) is 0 Å². The van der Waals surface area contributed by atoms with Gasteiger partial charge in [-0.25, -0.2) is 18.1 Å². The third kappa shape index (κ3) is 4.88. The second-order valence-corrected chi connectivity index (χ2v) is 7.83. The monoisotopic (exact) mass is 306 g/mol. The summed E-state index contributed by atoms with van der Waals surface area (Å²) >= 11 is 1.13. The minimum Gasteiger partial charge on any atom is -0.481 e. The number of carboxylic acids is 1. The molecule has 2 N–H and O–H groups in total. The van der Waals surface area contributed by atoms with Crippen LogP contribution in [0.2, 0.25) is 0 Å². The van der Waals surface area contributed by atoms with E-state index in [0.717, 1.165) is 16.3 Å². The Labute approximate surface area is 116 Å². The first-order valence-corrected chi connectivity index (χ1v) is 8.17. The van der Waals surface area contributed by atoms with Gasteiger partial charge in [-0.2, -0.15) is 0 Å². The molecule has 0 aromatic carbocycles. The molecule has 108 valence electrons. The van der Waals surface area contributed by atoms with E-state index < -0.39 is 21.5 Å². The summed E-state index contributed by atoms with van der Waals surface area (Å²) in [5, 5.41) is 9.40. The van der Waals surface area contributed by atoms with Crippen LogP contribution in [0.3, 0.4) is 0 Å². The number of carboxylic acid groups (broad SMARTS) is 1. The van der Waals surface area contributed by atoms with Gasteiger partial charge in [0.15, 0.2) is 4.21 Å². The second kappa shape index (κ2) is 5.98. The average molecular weight is 306 g/mol. The highest BCUT2D eigenvalue weighted by molar-refractivity contribution is 7.91. The summed E-state index contributed by atoms with van der Waals surface area (Å²) in [6.07, 6.45) is 2.15. The molecule has 6 nitrogen and oxygen atoms in total. The number of aryl methyl sites for hydroxylation is 1. The normalized spacial score (nSPS) is 12.6. The second-order valence-electron chi connectivity index (χ2n) is 4.81. The zero-order valence-corrected chi connectivity index (χ0v) is 12.8. The predicted octanol–water partition coefficient (Wildman–Crippen LogP) is 1.63. The highest BCUT2D eigenvalue weighted by atomic mass is 32.2. The lowest BCUT2D eigenvalue weighted by Gasteiger charge is -2.24. The fraction of sp³-hybridized carbons (Fsp3) is 0.636. The Morgan fingerprint density at radius 1 is 1.53 bits per heavy atom. The number of rotatable bonds is 7. The standard InChI is InChI=1S/C11H18N2O4S2/c1-4-8-12-7-10(18-8)19(16,17)13-11(2,3)6-5-9(14)15/h7,13H,4-6H2,1-3H3,(H,14,15). The van der Waals surface area contributed by atoms with Crippen LogP contribution in [-0.2, 0) is 21.2 Å². The quantitative estimate of drug-likeness (QED) is 0.798. The van der Waals surface area contributed by atoms with Gasteiger partial charge in [-0.3, -0.25) is 4.79 Å². The van der Waals surface area contributed by atoms with Crippen LogP contribution in [0.1, 0.15) is 38.6 Å². The first kappa shape index (κ1) is 16.1. The van der Waals surface area contributed by atoms with E-state index in [-0.39, 0.29) is 17.1 Å². The molecule has 0 radical (unpaired) electrons. The molecule has 0 aliphatic carbocycles.